The Morgan fingerprint density at radius 2 is 1.83 bits per heavy atom. The van der Waals surface area contributed by atoms with Crippen LogP contribution in [0.25, 0.3) is 11.5 Å². The number of aromatic nitrogens is 3. The molecule has 2 aromatic heterocycles. The maximum absolute atomic E-state index is 4.59. The van der Waals surface area contributed by atoms with Crippen molar-refractivity contribution in [3.63, 3.8) is 0 Å². The first kappa shape index (κ1) is 12.6. The van der Waals surface area contributed by atoms with Crippen LogP contribution in [-0.4, -0.2) is 22.0 Å². The minimum absolute atomic E-state index is 0.698. The van der Waals surface area contributed by atoms with Crippen LogP contribution in [0.15, 0.2) is 18.5 Å². The summed E-state index contributed by atoms with van der Waals surface area (Å²) in [6.45, 7) is 6.83. The van der Waals surface area contributed by atoms with Gasteiger partial charge in [0.1, 0.15) is 5.69 Å². The Balaban J connectivity index is 2.47. The number of hydrogen-bond acceptors (Lipinski definition) is 4. The summed E-state index contributed by atoms with van der Waals surface area (Å²) in [6.07, 6.45) is 3.71. The van der Waals surface area contributed by atoms with Crippen LogP contribution in [0.2, 0.25) is 0 Å². The first-order chi connectivity index (χ1) is 8.61. The van der Waals surface area contributed by atoms with Crippen molar-refractivity contribution in [3.05, 3.63) is 40.8 Å². The highest BCUT2D eigenvalue weighted by Crippen LogP contribution is 2.18. The molecular weight excluding hydrogens is 224 g/mol. The Hall–Kier alpha value is -1.81. The molecule has 0 saturated carbocycles. The van der Waals surface area contributed by atoms with E-state index in [1.807, 2.05) is 40.2 Å². The topological polar surface area (TPSA) is 50.7 Å². The van der Waals surface area contributed by atoms with Gasteiger partial charge < -0.3 is 5.32 Å². The second-order valence-corrected chi connectivity index (χ2v) is 4.53. The lowest BCUT2D eigenvalue weighted by atomic mass is 10.1. The molecule has 0 unspecified atom stereocenters. The van der Waals surface area contributed by atoms with Crippen LogP contribution in [0, 0.1) is 20.8 Å². The van der Waals surface area contributed by atoms with Crippen molar-refractivity contribution < 1.29 is 0 Å². The van der Waals surface area contributed by atoms with Crippen molar-refractivity contribution in [2.75, 3.05) is 7.05 Å². The zero-order valence-corrected chi connectivity index (χ0v) is 11.3. The molecule has 0 aliphatic heterocycles. The van der Waals surface area contributed by atoms with E-state index >= 15 is 0 Å². The van der Waals surface area contributed by atoms with Gasteiger partial charge >= 0.3 is 0 Å². The zero-order chi connectivity index (χ0) is 13.1. The Kier molecular flexibility index (Phi) is 3.67. The third-order valence-corrected chi connectivity index (χ3v) is 2.85. The molecule has 0 aliphatic rings. The first-order valence-electron chi connectivity index (χ1n) is 6.02. The van der Waals surface area contributed by atoms with Crippen LogP contribution in [0.3, 0.4) is 0 Å². The van der Waals surface area contributed by atoms with Gasteiger partial charge in [-0.1, -0.05) is 6.07 Å². The Morgan fingerprint density at radius 1 is 1.06 bits per heavy atom. The van der Waals surface area contributed by atoms with Gasteiger partial charge in [-0.3, -0.25) is 4.98 Å². The number of hydrogen-bond donors (Lipinski definition) is 1. The first-order valence-corrected chi connectivity index (χ1v) is 6.02. The van der Waals surface area contributed by atoms with E-state index in [1.165, 1.54) is 0 Å². The van der Waals surface area contributed by atoms with Crippen LogP contribution < -0.4 is 5.32 Å². The van der Waals surface area contributed by atoms with Gasteiger partial charge in [0.15, 0.2) is 5.82 Å². The van der Waals surface area contributed by atoms with E-state index in [1.54, 1.807) is 0 Å². The molecule has 0 bridgehead atoms. The second-order valence-electron chi connectivity index (χ2n) is 4.53. The van der Waals surface area contributed by atoms with Gasteiger partial charge in [0, 0.05) is 18.9 Å². The number of rotatable bonds is 3. The lowest BCUT2D eigenvalue weighted by Crippen LogP contribution is -2.10. The van der Waals surface area contributed by atoms with Crippen LogP contribution in [0.4, 0.5) is 0 Å². The molecule has 0 atom stereocenters. The molecule has 4 nitrogen and oxygen atoms in total. The molecular formula is C14H18N4. The van der Waals surface area contributed by atoms with E-state index in [2.05, 4.69) is 26.3 Å². The normalized spacial score (nSPS) is 10.7. The molecule has 2 heterocycles. The largest absolute Gasteiger partial charge is 0.314 e. The van der Waals surface area contributed by atoms with E-state index in [-0.39, 0.29) is 0 Å². The molecule has 0 aliphatic carbocycles. The summed E-state index contributed by atoms with van der Waals surface area (Å²) in [6, 6.07) is 2.10. The molecule has 0 saturated heterocycles. The standard InChI is InChI=1S/C14H18N4/c1-9-5-10(2)13(16-6-9)14-17-7-11(3)12(18-14)8-15-4/h5-7,15H,8H2,1-4H3. The van der Waals surface area contributed by atoms with Gasteiger partial charge in [-0.2, -0.15) is 0 Å². The third kappa shape index (κ3) is 2.54. The predicted molar refractivity (Wildman–Crippen MR) is 72.2 cm³/mol. The van der Waals surface area contributed by atoms with Crippen molar-refractivity contribution in [1.29, 1.82) is 0 Å². The monoisotopic (exact) mass is 242 g/mol. The van der Waals surface area contributed by atoms with Crippen molar-refractivity contribution in [2.45, 2.75) is 27.3 Å². The van der Waals surface area contributed by atoms with E-state index in [9.17, 15) is 0 Å². The highest BCUT2D eigenvalue weighted by Gasteiger charge is 2.09. The van der Waals surface area contributed by atoms with Gasteiger partial charge in [0.05, 0.1) is 5.69 Å². The van der Waals surface area contributed by atoms with Crippen molar-refractivity contribution in [1.82, 2.24) is 20.3 Å². The molecule has 18 heavy (non-hydrogen) atoms. The van der Waals surface area contributed by atoms with Gasteiger partial charge in [0.2, 0.25) is 0 Å². The average molecular weight is 242 g/mol. The molecule has 1 N–H and O–H groups in total. The van der Waals surface area contributed by atoms with Gasteiger partial charge in [-0.25, -0.2) is 9.97 Å². The van der Waals surface area contributed by atoms with E-state index in [0.717, 1.165) is 34.6 Å². The Bertz CT molecular complexity index is 564. The van der Waals surface area contributed by atoms with E-state index in [4.69, 9.17) is 0 Å². The second kappa shape index (κ2) is 5.23. The predicted octanol–water partition coefficient (Wildman–Crippen LogP) is 2.18. The van der Waals surface area contributed by atoms with E-state index < -0.39 is 0 Å². The third-order valence-electron chi connectivity index (χ3n) is 2.85. The molecule has 0 amide bonds. The minimum atomic E-state index is 0.698. The number of aryl methyl sites for hydroxylation is 3. The maximum Gasteiger partial charge on any atom is 0.178 e. The highest BCUT2D eigenvalue weighted by molar-refractivity contribution is 5.55. The van der Waals surface area contributed by atoms with Crippen molar-refractivity contribution >= 4 is 0 Å². The fourth-order valence-electron chi connectivity index (χ4n) is 1.89. The summed E-state index contributed by atoms with van der Waals surface area (Å²) in [5, 5.41) is 3.12. The summed E-state index contributed by atoms with van der Waals surface area (Å²) < 4.78 is 0. The fourth-order valence-corrected chi connectivity index (χ4v) is 1.89. The SMILES string of the molecule is CNCc1nc(-c2ncc(C)cc2C)ncc1C. The van der Waals surface area contributed by atoms with E-state index in [0.29, 0.717) is 5.82 Å². The molecule has 0 fully saturated rings. The Labute approximate surface area is 108 Å². The maximum atomic E-state index is 4.59. The zero-order valence-electron chi connectivity index (χ0n) is 11.3. The van der Waals surface area contributed by atoms with Crippen molar-refractivity contribution in [2.24, 2.45) is 0 Å². The van der Waals surface area contributed by atoms with Gasteiger partial charge in [-0.05, 0) is 44.5 Å². The number of nitrogens with zero attached hydrogens (tertiary/aromatic N) is 3. The molecule has 0 spiro atoms. The molecule has 2 rings (SSSR count). The molecule has 0 radical (unpaired) electrons. The summed E-state index contributed by atoms with van der Waals surface area (Å²) in [7, 11) is 1.91. The van der Waals surface area contributed by atoms with Crippen LogP contribution >= 0.6 is 0 Å². The summed E-state index contributed by atoms with van der Waals surface area (Å²) >= 11 is 0. The molecule has 4 heteroatoms. The lowest BCUT2D eigenvalue weighted by Gasteiger charge is -2.08. The minimum Gasteiger partial charge on any atom is -0.314 e. The summed E-state index contributed by atoms with van der Waals surface area (Å²) in [4.78, 5) is 13.4. The highest BCUT2D eigenvalue weighted by atomic mass is 14.9. The summed E-state index contributed by atoms with van der Waals surface area (Å²) in [5.74, 6) is 0.698. The average Bonchev–Trinajstić information content (AvgIpc) is 2.33. The van der Waals surface area contributed by atoms with Gasteiger partial charge in [-0.15, -0.1) is 0 Å². The number of nitrogens with one attached hydrogen (secondary N) is 1. The van der Waals surface area contributed by atoms with Crippen molar-refractivity contribution in [3.8, 4) is 11.5 Å². The molecule has 0 aromatic carbocycles. The smallest absolute Gasteiger partial charge is 0.178 e. The summed E-state index contributed by atoms with van der Waals surface area (Å²) in [5.41, 5.74) is 5.23. The van der Waals surface area contributed by atoms with Crippen LogP contribution in [0.5, 0.6) is 0 Å². The van der Waals surface area contributed by atoms with Crippen LogP contribution in [0.1, 0.15) is 22.4 Å². The number of pyridine rings is 1. The Morgan fingerprint density at radius 3 is 2.50 bits per heavy atom. The van der Waals surface area contributed by atoms with Gasteiger partial charge in [0.25, 0.3) is 0 Å². The van der Waals surface area contributed by atoms with Crippen LogP contribution in [-0.2, 0) is 6.54 Å². The molecule has 94 valence electrons. The quantitative estimate of drug-likeness (QED) is 0.896. The molecule has 2 aromatic rings. The fraction of sp³-hybridized carbons (Fsp3) is 0.357. The lowest BCUT2D eigenvalue weighted by molar-refractivity contribution is 0.779.